The van der Waals surface area contributed by atoms with Crippen LogP contribution in [-0.4, -0.2) is 10.2 Å². The van der Waals surface area contributed by atoms with Gasteiger partial charge in [0, 0.05) is 14.5 Å². The van der Waals surface area contributed by atoms with Crippen LogP contribution < -0.4 is 5.73 Å². The van der Waals surface area contributed by atoms with Crippen LogP contribution >= 0.6 is 31.9 Å². The van der Waals surface area contributed by atoms with Crippen molar-refractivity contribution in [1.82, 2.24) is 10.2 Å². The molecule has 15 heavy (non-hydrogen) atoms. The number of hydrogen-bond donors (Lipinski definition) is 2. The van der Waals surface area contributed by atoms with Crippen LogP contribution in [0.25, 0.3) is 11.3 Å². The molecule has 0 saturated heterocycles. The molecule has 0 amide bonds. The molecule has 0 aliphatic carbocycles. The van der Waals surface area contributed by atoms with Crippen molar-refractivity contribution >= 4 is 37.7 Å². The summed E-state index contributed by atoms with van der Waals surface area (Å²) in [6.07, 6.45) is 0. The van der Waals surface area contributed by atoms with Crippen LogP contribution in [0.1, 0.15) is 0 Å². The normalized spacial score (nSPS) is 10.6. The molecule has 1 aromatic carbocycles. The molecule has 0 radical (unpaired) electrons. The van der Waals surface area contributed by atoms with E-state index in [1.807, 2.05) is 6.07 Å². The van der Waals surface area contributed by atoms with Crippen LogP contribution in [0, 0.1) is 5.82 Å². The Kier molecular flexibility index (Phi) is 2.79. The smallest absolute Gasteiger partial charge is 0.192 e. The van der Waals surface area contributed by atoms with E-state index in [1.54, 1.807) is 12.1 Å². The molecule has 0 bridgehead atoms. The van der Waals surface area contributed by atoms with Crippen molar-refractivity contribution in [2.24, 2.45) is 0 Å². The summed E-state index contributed by atoms with van der Waals surface area (Å²) in [4.78, 5) is 0. The fourth-order valence-corrected chi connectivity index (χ4v) is 2.53. The van der Waals surface area contributed by atoms with E-state index in [9.17, 15) is 4.39 Å². The molecule has 1 aromatic heterocycles. The lowest BCUT2D eigenvalue weighted by atomic mass is 10.1. The molecule has 3 nitrogen and oxygen atoms in total. The lowest BCUT2D eigenvalue weighted by molar-refractivity contribution is 0.636. The van der Waals surface area contributed by atoms with Crippen molar-refractivity contribution in [2.45, 2.75) is 0 Å². The highest BCUT2D eigenvalue weighted by atomic mass is 79.9. The average molecular weight is 335 g/mol. The number of rotatable bonds is 1. The summed E-state index contributed by atoms with van der Waals surface area (Å²) < 4.78 is 15.2. The van der Waals surface area contributed by atoms with Gasteiger partial charge >= 0.3 is 0 Å². The van der Waals surface area contributed by atoms with E-state index in [0.29, 0.717) is 5.56 Å². The van der Waals surface area contributed by atoms with Gasteiger partial charge in [-0.2, -0.15) is 5.10 Å². The number of H-pyrrole nitrogens is 1. The van der Waals surface area contributed by atoms with Crippen LogP contribution in [0.5, 0.6) is 0 Å². The molecule has 1 heterocycles. The van der Waals surface area contributed by atoms with Gasteiger partial charge in [0.15, 0.2) is 11.6 Å². The number of hydrogen-bond acceptors (Lipinski definition) is 2. The van der Waals surface area contributed by atoms with Gasteiger partial charge in [-0.15, -0.1) is 0 Å². The second kappa shape index (κ2) is 3.94. The number of halogens is 3. The first-order valence-corrected chi connectivity index (χ1v) is 5.62. The zero-order chi connectivity index (χ0) is 11.0. The molecule has 0 unspecified atom stereocenters. The number of nitrogens with zero attached hydrogens (tertiary/aromatic N) is 1. The molecule has 2 rings (SSSR count). The lowest BCUT2D eigenvalue weighted by Gasteiger charge is -2.00. The lowest BCUT2D eigenvalue weighted by Crippen LogP contribution is -1.87. The topological polar surface area (TPSA) is 54.7 Å². The summed E-state index contributed by atoms with van der Waals surface area (Å²) in [6, 6.07) is 5.42. The molecule has 0 aliphatic heterocycles. The van der Waals surface area contributed by atoms with Gasteiger partial charge in [-0.25, -0.2) is 4.39 Å². The molecule has 6 heteroatoms. The summed E-state index contributed by atoms with van der Waals surface area (Å²) >= 11 is 6.65. The third-order valence-corrected chi connectivity index (χ3v) is 2.80. The zero-order valence-corrected chi connectivity index (χ0v) is 10.6. The minimum absolute atomic E-state index is 0.124. The second-order valence-corrected chi connectivity index (χ2v) is 4.79. The first-order valence-electron chi connectivity index (χ1n) is 4.03. The molecule has 78 valence electrons. The Hall–Kier alpha value is -0.880. The van der Waals surface area contributed by atoms with Crippen molar-refractivity contribution < 1.29 is 4.39 Å². The van der Waals surface area contributed by atoms with Crippen LogP contribution in [0.15, 0.2) is 27.1 Å². The second-order valence-electron chi connectivity index (χ2n) is 2.96. The average Bonchev–Trinajstić information content (AvgIpc) is 2.46. The van der Waals surface area contributed by atoms with Gasteiger partial charge in [0.05, 0.1) is 0 Å². The molecule has 0 atom stereocenters. The Labute approximate surface area is 102 Å². The van der Waals surface area contributed by atoms with E-state index in [-0.39, 0.29) is 11.5 Å². The maximum atomic E-state index is 13.5. The van der Waals surface area contributed by atoms with Gasteiger partial charge in [-0.05, 0) is 18.2 Å². The number of benzene rings is 1. The van der Waals surface area contributed by atoms with E-state index >= 15 is 0 Å². The van der Waals surface area contributed by atoms with Crippen molar-refractivity contribution in [3.63, 3.8) is 0 Å². The molecular weight excluding hydrogens is 329 g/mol. The van der Waals surface area contributed by atoms with E-state index in [4.69, 9.17) is 5.73 Å². The SMILES string of the molecule is Nc1n[nH]c(-c2cc(Br)cc(Br)c2)c1F. The highest BCUT2D eigenvalue weighted by Crippen LogP contribution is 2.29. The Bertz CT molecular complexity index is 490. The largest absolute Gasteiger partial charge is 0.380 e. The van der Waals surface area contributed by atoms with Crippen molar-refractivity contribution in [1.29, 1.82) is 0 Å². The van der Waals surface area contributed by atoms with E-state index in [2.05, 4.69) is 42.1 Å². The number of anilines is 1. The highest BCUT2D eigenvalue weighted by molar-refractivity contribution is 9.11. The maximum Gasteiger partial charge on any atom is 0.192 e. The number of aromatic amines is 1. The first kappa shape index (κ1) is 10.6. The third kappa shape index (κ3) is 2.05. The molecule has 2 aromatic rings. The van der Waals surface area contributed by atoms with Gasteiger partial charge in [0.25, 0.3) is 0 Å². The highest BCUT2D eigenvalue weighted by Gasteiger charge is 2.12. The Morgan fingerprint density at radius 2 is 1.80 bits per heavy atom. The molecule has 0 spiro atoms. The first-order chi connectivity index (χ1) is 7.08. The zero-order valence-electron chi connectivity index (χ0n) is 7.39. The van der Waals surface area contributed by atoms with Gasteiger partial charge in [0.2, 0.25) is 0 Å². The summed E-state index contributed by atoms with van der Waals surface area (Å²) in [7, 11) is 0. The number of nitrogens with two attached hydrogens (primary N) is 1. The quantitative estimate of drug-likeness (QED) is 0.840. The molecule has 0 aliphatic rings. The minimum atomic E-state index is -0.528. The summed E-state index contributed by atoms with van der Waals surface area (Å²) in [5, 5.41) is 6.15. The van der Waals surface area contributed by atoms with Crippen molar-refractivity contribution in [2.75, 3.05) is 5.73 Å². The van der Waals surface area contributed by atoms with Crippen LogP contribution in [0.4, 0.5) is 10.2 Å². The Balaban J connectivity index is 2.58. The summed E-state index contributed by atoms with van der Waals surface area (Å²) in [5.74, 6) is -0.652. The van der Waals surface area contributed by atoms with Crippen LogP contribution in [0.3, 0.4) is 0 Å². The van der Waals surface area contributed by atoms with Gasteiger partial charge in [-0.1, -0.05) is 31.9 Å². The summed E-state index contributed by atoms with van der Waals surface area (Å²) in [6.45, 7) is 0. The van der Waals surface area contributed by atoms with Gasteiger partial charge in [0.1, 0.15) is 5.69 Å². The standard InChI is InChI=1S/C9H6Br2FN3/c10-5-1-4(2-6(11)3-5)8-7(12)9(13)15-14-8/h1-3H,(H3,13,14,15). The van der Waals surface area contributed by atoms with Crippen molar-refractivity contribution in [3.05, 3.63) is 33.0 Å². The fraction of sp³-hybridized carbons (Fsp3) is 0. The van der Waals surface area contributed by atoms with Crippen LogP contribution in [0.2, 0.25) is 0 Å². The number of nitrogens with one attached hydrogen (secondary N) is 1. The van der Waals surface area contributed by atoms with Gasteiger partial charge in [-0.3, -0.25) is 5.10 Å². The predicted octanol–water partition coefficient (Wildman–Crippen LogP) is 3.32. The summed E-state index contributed by atoms with van der Waals surface area (Å²) in [5.41, 5.74) is 6.28. The van der Waals surface area contributed by atoms with Crippen LogP contribution in [-0.2, 0) is 0 Å². The predicted molar refractivity (Wildman–Crippen MR) is 63.8 cm³/mol. The van der Waals surface area contributed by atoms with E-state index in [1.165, 1.54) is 0 Å². The maximum absolute atomic E-state index is 13.5. The fourth-order valence-electron chi connectivity index (χ4n) is 1.23. The minimum Gasteiger partial charge on any atom is -0.380 e. The third-order valence-electron chi connectivity index (χ3n) is 1.88. The Morgan fingerprint density at radius 1 is 1.20 bits per heavy atom. The van der Waals surface area contributed by atoms with Gasteiger partial charge < -0.3 is 5.73 Å². The molecule has 0 fully saturated rings. The molecule has 0 saturated carbocycles. The monoisotopic (exact) mass is 333 g/mol. The van der Waals surface area contributed by atoms with E-state index in [0.717, 1.165) is 8.95 Å². The molecular formula is C9H6Br2FN3. The Morgan fingerprint density at radius 3 is 2.27 bits per heavy atom. The number of nitrogen functional groups attached to an aromatic ring is 1. The van der Waals surface area contributed by atoms with E-state index < -0.39 is 5.82 Å². The molecule has 3 N–H and O–H groups in total. The number of aromatic nitrogens is 2. The van der Waals surface area contributed by atoms with Crippen molar-refractivity contribution in [3.8, 4) is 11.3 Å².